The molecule has 0 bridgehead atoms. The molecule has 0 saturated carbocycles. The molecule has 0 aliphatic carbocycles. The summed E-state index contributed by atoms with van der Waals surface area (Å²) in [4.78, 5) is 4.03. The van der Waals surface area contributed by atoms with Crippen LogP contribution in [0.4, 0.5) is 5.82 Å². The van der Waals surface area contributed by atoms with Gasteiger partial charge in [-0.25, -0.2) is 0 Å². The van der Waals surface area contributed by atoms with Crippen LogP contribution in [0.15, 0.2) is 42.7 Å². The fourth-order valence-electron chi connectivity index (χ4n) is 2.24. The Kier molecular flexibility index (Phi) is 3.16. The van der Waals surface area contributed by atoms with E-state index in [1.54, 1.807) is 12.4 Å². The molecule has 2 heterocycles. The number of halogens is 1. The fraction of sp³-hybridized carbons (Fsp3) is 0.0667. The standard InChI is InChI=1S/C15H13ClN4/c1-9-11(3-2-4-12(9)16)14-13(15(17)20-19-14)10-5-7-18-8-6-10/h2-8H,1H3,(H3,17,19,20). The lowest BCUT2D eigenvalue weighted by Gasteiger charge is -2.08. The second-order valence-corrected chi connectivity index (χ2v) is 4.91. The van der Waals surface area contributed by atoms with Crippen molar-refractivity contribution in [1.82, 2.24) is 15.2 Å². The van der Waals surface area contributed by atoms with Gasteiger partial charge in [-0.15, -0.1) is 0 Å². The average molecular weight is 285 g/mol. The van der Waals surface area contributed by atoms with E-state index in [4.69, 9.17) is 17.3 Å². The number of benzene rings is 1. The zero-order valence-electron chi connectivity index (χ0n) is 10.9. The number of nitrogen functional groups attached to an aromatic ring is 1. The molecule has 5 heteroatoms. The first-order valence-corrected chi connectivity index (χ1v) is 6.56. The van der Waals surface area contributed by atoms with Gasteiger partial charge < -0.3 is 5.73 Å². The van der Waals surface area contributed by atoms with Crippen LogP contribution in [0.25, 0.3) is 22.4 Å². The van der Waals surface area contributed by atoms with E-state index in [0.717, 1.165) is 33.0 Å². The number of hydrogen-bond donors (Lipinski definition) is 2. The van der Waals surface area contributed by atoms with Crippen LogP contribution in [0, 0.1) is 6.92 Å². The zero-order chi connectivity index (χ0) is 14.1. The predicted octanol–water partition coefficient (Wildman–Crippen LogP) is 3.68. The van der Waals surface area contributed by atoms with Gasteiger partial charge in [0.25, 0.3) is 0 Å². The fourth-order valence-corrected chi connectivity index (χ4v) is 2.41. The third-order valence-corrected chi connectivity index (χ3v) is 3.71. The van der Waals surface area contributed by atoms with Crippen molar-refractivity contribution >= 4 is 17.4 Å². The van der Waals surface area contributed by atoms with Crippen molar-refractivity contribution < 1.29 is 0 Å². The normalized spacial score (nSPS) is 10.7. The molecular weight excluding hydrogens is 272 g/mol. The van der Waals surface area contributed by atoms with E-state index in [1.807, 2.05) is 37.3 Å². The first kappa shape index (κ1) is 12.7. The van der Waals surface area contributed by atoms with Gasteiger partial charge in [0, 0.05) is 23.0 Å². The Balaban J connectivity index is 2.24. The van der Waals surface area contributed by atoms with Gasteiger partial charge in [-0.1, -0.05) is 23.7 Å². The number of anilines is 1. The number of nitrogens with one attached hydrogen (secondary N) is 1. The van der Waals surface area contributed by atoms with Gasteiger partial charge in [0.1, 0.15) is 0 Å². The van der Waals surface area contributed by atoms with Gasteiger partial charge in [0.2, 0.25) is 0 Å². The summed E-state index contributed by atoms with van der Waals surface area (Å²) in [5.74, 6) is 0.463. The molecule has 0 atom stereocenters. The maximum absolute atomic E-state index is 6.19. The van der Waals surface area contributed by atoms with Crippen molar-refractivity contribution in [1.29, 1.82) is 0 Å². The monoisotopic (exact) mass is 284 g/mol. The minimum atomic E-state index is 0.463. The molecule has 0 radical (unpaired) electrons. The quantitative estimate of drug-likeness (QED) is 0.754. The van der Waals surface area contributed by atoms with Crippen LogP contribution in [0.5, 0.6) is 0 Å². The Labute approximate surface area is 121 Å². The zero-order valence-corrected chi connectivity index (χ0v) is 11.6. The van der Waals surface area contributed by atoms with Crippen molar-refractivity contribution in [2.75, 3.05) is 5.73 Å². The van der Waals surface area contributed by atoms with Crippen LogP contribution in [0.2, 0.25) is 5.02 Å². The van der Waals surface area contributed by atoms with Crippen molar-refractivity contribution in [3.8, 4) is 22.4 Å². The highest BCUT2D eigenvalue weighted by Gasteiger charge is 2.16. The maximum atomic E-state index is 6.19. The van der Waals surface area contributed by atoms with E-state index in [-0.39, 0.29) is 0 Å². The van der Waals surface area contributed by atoms with Crippen molar-refractivity contribution in [3.63, 3.8) is 0 Å². The third-order valence-electron chi connectivity index (χ3n) is 3.30. The van der Waals surface area contributed by atoms with Crippen LogP contribution in [-0.4, -0.2) is 15.2 Å². The summed E-state index contributed by atoms with van der Waals surface area (Å²) < 4.78 is 0. The van der Waals surface area contributed by atoms with Crippen LogP contribution >= 0.6 is 11.6 Å². The predicted molar refractivity (Wildman–Crippen MR) is 81.4 cm³/mol. The Morgan fingerprint density at radius 2 is 1.90 bits per heavy atom. The molecule has 1 aromatic carbocycles. The molecule has 0 aliphatic heterocycles. The van der Waals surface area contributed by atoms with Crippen LogP contribution in [-0.2, 0) is 0 Å². The molecule has 0 aliphatic rings. The second-order valence-electron chi connectivity index (χ2n) is 4.51. The summed E-state index contributed by atoms with van der Waals surface area (Å²) in [7, 11) is 0. The number of H-pyrrole nitrogens is 1. The summed E-state index contributed by atoms with van der Waals surface area (Å²) in [6, 6.07) is 9.60. The van der Waals surface area contributed by atoms with Crippen LogP contribution < -0.4 is 5.73 Å². The SMILES string of the molecule is Cc1c(Cl)cccc1-c1[nH]nc(N)c1-c1ccncc1. The molecule has 3 rings (SSSR count). The summed E-state index contributed by atoms with van der Waals surface area (Å²) in [5, 5.41) is 7.85. The molecular formula is C15H13ClN4. The first-order valence-electron chi connectivity index (χ1n) is 6.18. The number of pyridine rings is 1. The molecule has 100 valence electrons. The number of rotatable bonds is 2. The summed E-state index contributed by atoms with van der Waals surface area (Å²) in [6.45, 7) is 1.98. The average Bonchev–Trinajstić information content (AvgIpc) is 2.84. The van der Waals surface area contributed by atoms with Crippen molar-refractivity contribution in [2.24, 2.45) is 0 Å². The molecule has 3 aromatic rings. The van der Waals surface area contributed by atoms with E-state index >= 15 is 0 Å². The third kappa shape index (κ3) is 2.04. The number of nitrogens with two attached hydrogens (primary N) is 1. The lowest BCUT2D eigenvalue weighted by Crippen LogP contribution is -1.90. The highest BCUT2D eigenvalue weighted by molar-refractivity contribution is 6.31. The molecule has 3 N–H and O–H groups in total. The highest BCUT2D eigenvalue weighted by atomic mass is 35.5. The largest absolute Gasteiger partial charge is 0.382 e. The topological polar surface area (TPSA) is 67.6 Å². The maximum Gasteiger partial charge on any atom is 0.153 e. The lowest BCUT2D eigenvalue weighted by atomic mass is 9.98. The highest BCUT2D eigenvalue weighted by Crippen LogP contribution is 2.37. The minimum Gasteiger partial charge on any atom is -0.382 e. The molecule has 0 amide bonds. The molecule has 2 aromatic heterocycles. The van der Waals surface area contributed by atoms with E-state index < -0.39 is 0 Å². The Hall–Kier alpha value is -2.33. The lowest BCUT2D eigenvalue weighted by molar-refractivity contribution is 1.10. The number of hydrogen-bond acceptors (Lipinski definition) is 3. The molecule has 20 heavy (non-hydrogen) atoms. The van der Waals surface area contributed by atoms with Crippen molar-refractivity contribution in [2.45, 2.75) is 6.92 Å². The van der Waals surface area contributed by atoms with Gasteiger partial charge in [-0.3, -0.25) is 10.1 Å². The molecule has 0 unspecified atom stereocenters. The first-order chi connectivity index (χ1) is 9.68. The number of aromatic nitrogens is 3. The second kappa shape index (κ2) is 4.98. The molecule has 0 saturated heterocycles. The smallest absolute Gasteiger partial charge is 0.153 e. The van der Waals surface area contributed by atoms with E-state index in [9.17, 15) is 0 Å². The minimum absolute atomic E-state index is 0.463. The Morgan fingerprint density at radius 3 is 2.65 bits per heavy atom. The summed E-state index contributed by atoms with van der Waals surface area (Å²) in [6.07, 6.45) is 3.47. The Morgan fingerprint density at radius 1 is 1.15 bits per heavy atom. The Bertz CT molecular complexity index is 750. The van der Waals surface area contributed by atoms with Gasteiger partial charge >= 0.3 is 0 Å². The van der Waals surface area contributed by atoms with Crippen molar-refractivity contribution in [3.05, 3.63) is 53.3 Å². The van der Waals surface area contributed by atoms with E-state index in [0.29, 0.717) is 5.82 Å². The van der Waals surface area contributed by atoms with E-state index in [2.05, 4.69) is 15.2 Å². The van der Waals surface area contributed by atoms with Crippen LogP contribution in [0.3, 0.4) is 0 Å². The number of nitrogens with zero attached hydrogens (tertiary/aromatic N) is 2. The summed E-state index contributed by atoms with van der Waals surface area (Å²) in [5.41, 5.74) is 10.7. The summed E-state index contributed by atoms with van der Waals surface area (Å²) >= 11 is 6.19. The van der Waals surface area contributed by atoms with Crippen LogP contribution in [0.1, 0.15) is 5.56 Å². The molecule has 4 nitrogen and oxygen atoms in total. The van der Waals surface area contributed by atoms with Gasteiger partial charge in [0.15, 0.2) is 5.82 Å². The van der Waals surface area contributed by atoms with E-state index in [1.165, 1.54) is 0 Å². The molecule has 0 spiro atoms. The number of aromatic amines is 1. The molecule has 0 fully saturated rings. The van der Waals surface area contributed by atoms with Gasteiger partial charge in [0.05, 0.1) is 11.3 Å². The van der Waals surface area contributed by atoms with Gasteiger partial charge in [-0.2, -0.15) is 5.10 Å². The van der Waals surface area contributed by atoms with Gasteiger partial charge in [-0.05, 0) is 36.2 Å².